The molecule has 5 rings (SSSR count). The van der Waals surface area contributed by atoms with Crippen LogP contribution in [0.5, 0.6) is 5.75 Å². The number of fused-ring (bicyclic) bond motifs is 1. The van der Waals surface area contributed by atoms with Crippen molar-refractivity contribution in [3.05, 3.63) is 65.1 Å². The maximum atomic E-state index is 13.0. The van der Waals surface area contributed by atoms with Gasteiger partial charge in [0.1, 0.15) is 5.75 Å². The molecule has 1 amide bonds. The number of likely N-dealkylation sites (tertiary alicyclic amines) is 1. The minimum absolute atomic E-state index is 0.165. The van der Waals surface area contributed by atoms with Crippen molar-refractivity contribution in [3.63, 3.8) is 0 Å². The summed E-state index contributed by atoms with van der Waals surface area (Å²) in [6.45, 7) is 4.65. The summed E-state index contributed by atoms with van der Waals surface area (Å²) in [6.07, 6.45) is 4.50. The van der Waals surface area contributed by atoms with E-state index in [1.165, 1.54) is 16.5 Å². The number of aromatic nitrogens is 4. The van der Waals surface area contributed by atoms with E-state index in [-0.39, 0.29) is 5.91 Å². The SMILES string of the molecule is CCOc1ccc(-c2n[nH]c(=S)n2CCC(=O)N2CCC(c3c[nH]c4ccccc34)CC2)cc1. The van der Waals surface area contributed by atoms with Gasteiger partial charge < -0.3 is 14.6 Å². The summed E-state index contributed by atoms with van der Waals surface area (Å²) in [6, 6.07) is 16.2. The van der Waals surface area contributed by atoms with Crippen LogP contribution in [-0.2, 0) is 11.3 Å². The Morgan fingerprint density at radius 1 is 1.15 bits per heavy atom. The second-order valence-electron chi connectivity index (χ2n) is 8.66. The zero-order valence-electron chi connectivity index (χ0n) is 19.3. The van der Waals surface area contributed by atoms with Gasteiger partial charge in [0.05, 0.1) is 6.61 Å². The molecule has 176 valence electrons. The van der Waals surface area contributed by atoms with Crippen LogP contribution in [0, 0.1) is 4.77 Å². The Labute approximate surface area is 203 Å². The number of benzene rings is 2. The molecule has 0 bridgehead atoms. The molecule has 0 spiro atoms. The number of hydrogen-bond donors (Lipinski definition) is 2. The normalized spacial score (nSPS) is 14.6. The number of para-hydroxylation sites is 1. The number of nitrogens with zero attached hydrogens (tertiary/aromatic N) is 3. The maximum Gasteiger partial charge on any atom is 0.224 e. The molecule has 0 radical (unpaired) electrons. The highest BCUT2D eigenvalue weighted by molar-refractivity contribution is 7.71. The second-order valence-corrected chi connectivity index (χ2v) is 9.04. The molecule has 1 saturated heterocycles. The Morgan fingerprint density at radius 2 is 1.91 bits per heavy atom. The topological polar surface area (TPSA) is 78.9 Å². The molecule has 34 heavy (non-hydrogen) atoms. The van der Waals surface area contributed by atoms with E-state index < -0.39 is 0 Å². The summed E-state index contributed by atoms with van der Waals surface area (Å²) >= 11 is 5.44. The van der Waals surface area contributed by atoms with Crippen LogP contribution in [0.1, 0.15) is 37.7 Å². The van der Waals surface area contributed by atoms with Gasteiger partial charge in [-0.2, -0.15) is 5.10 Å². The van der Waals surface area contributed by atoms with E-state index in [0.717, 1.165) is 43.1 Å². The van der Waals surface area contributed by atoms with Crippen molar-refractivity contribution >= 4 is 29.0 Å². The number of H-pyrrole nitrogens is 2. The van der Waals surface area contributed by atoms with Crippen molar-refractivity contribution in [2.75, 3.05) is 19.7 Å². The molecule has 0 saturated carbocycles. The molecule has 1 aliphatic heterocycles. The number of carbonyl (C=O) groups excluding carboxylic acids is 1. The monoisotopic (exact) mass is 475 g/mol. The van der Waals surface area contributed by atoms with Gasteiger partial charge in [-0.3, -0.25) is 14.5 Å². The zero-order chi connectivity index (χ0) is 23.5. The van der Waals surface area contributed by atoms with E-state index in [4.69, 9.17) is 17.0 Å². The standard InChI is InChI=1S/C26H29N5O2S/c1-2-33-20-9-7-19(8-10-20)25-28-29-26(34)31(25)16-13-24(32)30-14-11-18(12-15-30)22-17-27-23-6-4-3-5-21(22)23/h3-10,17-18,27H,2,11-16H2,1H3,(H,29,34). The third-order valence-corrected chi connectivity index (χ3v) is 6.95. The van der Waals surface area contributed by atoms with E-state index in [0.29, 0.717) is 30.3 Å². The molecule has 8 heteroatoms. The first-order valence-corrected chi connectivity index (χ1v) is 12.3. The van der Waals surface area contributed by atoms with Crippen molar-refractivity contribution < 1.29 is 9.53 Å². The van der Waals surface area contributed by atoms with Crippen LogP contribution < -0.4 is 4.74 Å². The summed E-state index contributed by atoms with van der Waals surface area (Å²) in [5.74, 6) is 2.20. The van der Waals surface area contributed by atoms with E-state index in [1.807, 2.05) is 40.7 Å². The Bertz CT molecular complexity index is 1330. The highest BCUT2D eigenvalue weighted by Crippen LogP contribution is 2.33. The smallest absolute Gasteiger partial charge is 0.224 e. The molecule has 1 aliphatic rings. The third-order valence-electron chi connectivity index (χ3n) is 6.64. The van der Waals surface area contributed by atoms with Crippen molar-refractivity contribution in [2.24, 2.45) is 0 Å². The summed E-state index contributed by atoms with van der Waals surface area (Å²) in [4.78, 5) is 18.4. The molecule has 1 fully saturated rings. The molecule has 4 aromatic rings. The van der Waals surface area contributed by atoms with Crippen LogP contribution in [0.3, 0.4) is 0 Å². The molecule has 2 aromatic heterocycles. The van der Waals surface area contributed by atoms with Gasteiger partial charge in [-0.25, -0.2) is 0 Å². The lowest BCUT2D eigenvalue weighted by atomic mass is 9.89. The molecule has 0 atom stereocenters. The lowest BCUT2D eigenvalue weighted by molar-refractivity contribution is -0.132. The van der Waals surface area contributed by atoms with Crippen LogP contribution in [0.15, 0.2) is 54.7 Å². The molecule has 2 N–H and O–H groups in total. The Hall–Kier alpha value is -3.39. The van der Waals surface area contributed by atoms with Crippen LogP contribution in [0.4, 0.5) is 0 Å². The number of rotatable bonds is 7. The first kappa shape index (κ1) is 22.4. The molecule has 3 heterocycles. The van der Waals surface area contributed by atoms with Crippen LogP contribution >= 0.6 is 12.2 Å². The average Bonchev–Trinajstić information content (AvgIpc) is 3.47. The van der Waals surface area contributed by atoms with Gasteiger partial charge >= 0.3 is 0 Å². The number of aromatic amines is 2. The fourth-order valence-electron chi connectivity index (χ4n) is 4.85. The van der Waals surface area contributed by atoms with Gasteiger partial charge in [0, 0.05) is 48.7 Å². The number of hydrogen-bond acceptors (Lipinski definition) is 4. The van der Waals surface area contributed by atoms with Crippen LogP contribution in [0.2, 0.25) is 0 Å². The minimum atomic E-state index is 0.165. The largest absolute Gasteiger partial charge is 0.494 e. The van der Waals surface area contributed by atoms with E-state index >= 15 is 0 Å². The third kappa shape index (κ3) is 4.50. The van der Waals surface area contributed by atoms with Crippen molar-refractivity contribution in [2.45, 2.75) is 38.6 Å². The van der Waals surface area contributed by atoms with Gasteiger partial charge in [-0.15, -0.1) is 0 Å². The lowest BCUT2D eigenvalue weighted by Crippen LogP contribution is -2.38. The number of nitrogens with one attached hydrogen (secondary N) is 2. The summed E-state index contributed by atoms with van der Waals surface area (Å²) < 4.78 is 7.95. The molecule has 0 aliphatic carbocycles. The molecule has 7 nitrogen and oxygen atoms in total. The van der Waals surface area contributed by atoms with Gasteiger partial charge in [-0.05, 0) is 73.8 Å². The average molecular weight is 476 g/mol. The summed E-state index contributed by atoms with van der Waals surface area (Å²) in [5.41, 5.74) is 3.48. The quantitative estimate of drug-likeness (QED) is 0.356. The minimum Gasteiger partial charge on any atom is -0.494 e. The zero-order valence-corrected chi connectivity index (χ0v) is 20.1. The Balaban J connectivity index is 1.20. The highest BCUT2D eigenvalue weighted by Gasteiger charge is 2.25. The molecular weight excluding hydrogens is 446 g/mol. The second kappa shape index (κ2) is 9.85. The maximum absolute atomic E-state index is 13.0. The molecule has 0 unspecified atom stereocenters. The van der Waals surface area contributed by atoms with Gasteiger partial charge in [0.25, 0.3) is 0 Å². The number of carbonyl (C=O) groups is 1. The number of amides is 1. The van der Waals surface area contributed by atoms with Gasteiger partial charge in [-0.1, -0.05) is 18.2 Å². The van der Waals surface area contributed by atoms with Crippen molar-refractivity contribution in [3.8, 4) is 17.1 Å². The summed E-state index contributed by atoms with van der Waals surface area (Å²) in [5, 5.41) is 8.56. The first-order chi connectivity index (χ1) is 16.6. The highest BCUT2D eigenvalue weighted by atomic mass is 32.1. The predicted molar refractivity (Wildman–Crippen MR) is 135 cm³/mol. The fraction of sp³-hybridized carbons (Fsp3) is 0.346. The summed E-state index contributed by atoms with van der Waals surface area (Å²) in [7, 11) is 0. The number of piperidine rings is 1. The molecular formula is C26H29N5O2S. The fourth-order valence-corrected chi connectivity index (χ4v) is 5.07. The predicted octanol–water partition coefficient (Wildman–Crippen LogP) is 5.28. The first-order valence-electron chi connectivity index (χ1n) is 11.9. The number of ether oxygens (including phenoxy) is 1. The van der Waals surface area contributed by atoms with E-state index in [1.54, 1.807) is 0 Å². The van der Waals surface area contributed by atoms with E-state index in [2.05, 4.69) is 45.6 Å². The molecule has 2 aromatic carbocycles. The van der Waals surface area contributed by atoms with E-state index in [9.17, 15) is 4.79 Å². The Kier molecular flexibility index (Phi) is 6.49. The van der Waals surface area contributed by atoms with Crippen LogP contribution in [-0.4, -0.2) is 50.3 Å². The van der Waals surface area contributed by atoms with Gasteiger partial charge in [0.15, 0.2) is 10.6 Å². The van der Waals surface area contributed by atoms with Crippen molar-refractivity contribution in [1.29, 1.82) is 0 Å². The van der Waals surface area contributed by atoms with Gasteiger partial charge in [0.2, 0.25) is 5.91 Å². The van der Waals surface area contributed by atoms with Crippen LogP contribution in [0.25, 0.3) is 22.3 Å². The Morgan fingerprint density at radius 3 is 2.68 bits per heavy atom. The van der Waals surface area contributed by atoms with Crippen molar-refractivity contribution in [1.82, 2.24) is 24.6 Å². The lowest BCUT2D eigenvalue weighted by Gasteiger charge is -2.32.